The van der Waals surface area contributed by atoms with Crippen molar-refractivity contribution in [3.63, 3.8) is 0 Å². The van der Waals surface area contributed by atoms with Crippen molar-refractivity contribution in [2.45, 2.75) is 64.5 Å². The summed E-state index contributed by atoms with van der Waals surface area (Å²) in [6, 6.07) is 0.834. The molecule has 2 aliphatic rings. The number of hydrogen-bond acceptors (Lipinski definition) is 3. The highest BCUT2D eigenvalue weighted by atomic mass is 16.5. The fourth-order valence-electron chi connectivity index (χ4n) is 3.90. The van der Waals surface area contributed by atoms with Crippen molar-refractivity contribution < 1.29 is 4.74 Å². The van der Waals surface area contributed by atoms with Crippen LogP contribution in [-0.2, 0) is 4.74 Å². The third kappa shape index (κ3) is 4.44. The van der Waals surface area contributed by atoms with Gasteiger partial charge in [0.1, 0.15) is 0 Å². The number of piperidine rings is 1. The standard InChI is InChI=1S/C16H32N2O/c1-13-4-5-16(14(2)12-13)18-9-6-15(7-10-18)19-11-3-8-17/h13-16H,3-12,17H2,1-2H3. The Kier molecular flexibility index (Phi) is 6.11. The second kappa shape index (κ2) is 7.61. The van der Waals surface area contributed by atoms with E-state index in [1.807, 2.05) is 0 Å². The molecule has 1 heterocycles. The maximum absolute atomic E-state index is 5.90. The van der Waals surface area contributed by atoms with Gasteiger partial charge in [-0.3, -0.25) is 4.90 Å². The van der Waals surface area contributed by atoms with Crippen LogP contribution in [0.25, 0.3) is 0 Å². The lowest BCUT2D eigenvalue weighted by atomic mass is 9.78. The lowest BCUT2D eigenvalue weighted by molar-refractivity contribution is -0.0160. The number of likely N-dealkylation sites (tertiary alicyclic amines) is 1. The smallest absolute Gasteiger partial charge is 0.0599 e. The summed E-state index contributed by atoms with van der Waals surface area (Å²) in [6.45, 7) is 8.91. The molecule has 1 aliphatic carbocycles. The first-order valence-corrected chi connectivity index (χ1v) is 8.26. The van der Waals surface area contributed by atoms with Crippen LogP contribution < -0.4 is 5.73 Å². The lowest BCUT2D eigenvalue weighted by Crippen LogP contribution is -2.48. The highest BCUT2D eigenvalue weighted by Gasteiger charge is 2.32. The third-order valence-corrected chi connectivity index (χ3v) is 5.03. The molecule has 112 valence electrons. The Morgan fingerprint density at radius 3 is 2.47 bits per heavy atom. The zero-order valence-electron chi connectivity index (χ0n) is 12.8. The van der Waals surface area contributed by atoms with E-state index in [1.165, 1.54) is 45.2 Å². The van der Waals surface area contributed by atoms with Crippen molar-refractivity contribution in [1.29, 1.82) is 0 Å². The monoisotopic (exact) mass is 268 g/mol. The molecule has 0 aromatic carbocycles. The average Bonchev–Trinajstić information content (AvgIpc) is 2.40. The number of rotatable bonds is 5. The Labute approximate surface area is 118 Å². The summed E-state index contributed by atoms with van der Waals surface area (Å²) in [6.07, 6.45) is 8.14. The number of ether oxygens (including phenoxy) is 1. The Hall–Kier alpha value is -0.120. The van der Waals surface area contributed by atoms with Gasteiger partial charge in [-0.25, -0.2) is 0 Å². The van der Waals surface area contributed by atoms with Gasteiger partial charge >= 0.3 is 0 Å². The van der Waals surface area contributed by atoms with E-state index in [1.54, 1.807) is 0 Å². The van der Waals surface area contributed by atoms with E-state index in [0.29, 0.717) is 6.10 Å². The fourth-order valence-corrected chi connectivity index (χ4v) is 3.90. The van der Waals surface area contributed by atoms with Gasteiger partial charge in [-0.1, -0.05) is 13.8 Å². The molecule has 0 bridgehead atoms. The van der Waals surface area contributed by atoms with Gasteiger partial charge in [0, 0.05) is 25.7 Å². The molecular formula is C16H32N2O. The molecule has 1 saturated heterocycles. The Bertz CT molecular complexity index is 251. The SMILES string of the molecule is CC1CCC(N2CCC(OCCCN)CC2)C(C)C1. The molecule has 2 rings (SSSR count). The molecule has 2 N–H and O–H groups in total. The van der Waals surface area contributed by atoms with Crippen molar-refractivity contribution in [2.75, 3.05) is 26.2 Å². The third-order valence-electron chi connectivity index (χ3n) is 5.03. The van der Waals surface area contributed by atoms with Gasteiger partial charge in [-0.15, -0.1) is 0 Å². The predicted molar refractivity (Wildman–Crippen MR) is 80.2 cm³/mol. The minimum Gasteiger partial charge on any atom is -0.378 e. The first kappa shape index (κ1) is 15.3. The van der Waals surface area contributed by atoms with E-state index in [9.17, 15) is 0 Å². The molecule has 19 heavy (non-hydrogen) atoms. The van der Waals surface area contributed by atoms with E-state index in [2.05, 4.69) is 18.7 Å². The summed E-state index contributed by atoms with van der Waals surface area (Å²) in [5, 5.41) is 0. The Morgan fingerprint density at radius 2 is 1.84 bits per heavy atom. The molecule has 0 spiro atoms. The van der Waals surface area contributed by atoms with Gasteiger partial charge in [-0.05, 0) is 56.9 Å². The van der Waals surface area contributed by atoms with Crippen molar-refractivity contribution >= 4 is 0 Å². The first-order valence-electron chi connectivity index (χ1n) is 8.26. The number of nitrogens with zero attached hydrogens (tertiary/aromatic N) is 1. The normalized spacial score (nSPS) is 34.6. The van der Waals surface area contributed by atoms with Gasteiger partial charge in [0.15, 0.2) is 0 Å². The van der Waals surface area contributed by atoms with E-state index in [4.69, 9.17) is 10.5 Å². The van der Waals surface area contributed by atoms with Crippen LogP contribution in [0.2, 0.25) is 0 Å². The highest BCUT2D eigenvalue weighted by molar-refractivity contribution is 4.86. The fraction of sp³-hybridized carbons (Fsp3) is 1.00. The Balaban J connectivity index is 1.70. The highest BCUT2D eigenvalue weighted by Crippen LogP contribution is 2.33. The van der Waals surface area contributed by atoms with Gasteiger partial charge in [0.2, 0.25) is 0 Å². The van der Waals surface area contributed by atoms with Crippen LogP contribution in [0.15, 0.2) is 0 Å². The molecule has 3 unspecified atom stereocenters. The van der Waals surface area contributed by atoms with Crippen LogP contribution in [-0.4, -0.2) is 43.3 Å². The van der Waals surface area contributed by atoms with E-state index in [0.717, 1.165) is 37.5 Å². The number of hydrogen-bond donors (Lipinski definition) is 1. The van der Waals surface area contributed by atoms with E-state index < -0.39 is 0 Å². The molecule has 0 aromatic rings. The molecule has 0 aromatic heterocycles. The molecular weight excluding hydrogens is 236 g/mol. The van der Waals surface area contributed by atoms with Gasteiger partial charge in [0.25, 0.3) is 0 Å². The number of nitrogens with two attached hydrogens (primary N) is 1. The topological polar surface area (TPSA) is 38.5 Å². The summed E-state index contributed by atoms with van der Waals surface area (Å²) in [5.74, 6) is 1.81. The lowest BCUT2D eigenvalue weighted by Gasteiger charge is -2.43. The summed E-state index contributed by atoms with van der Waals surface area (Å²) < 4.78 is 5.90. The zero-order chi connectivity index (χ0) is 13.7. The molecule has 2 fully saturated rings. The van der Waals surface area contributed by atoms with Crippen molar-refractivity contribution in [3.8, 4) is 0 Å². The predicted octanol–water partition coefficient (Wildman–Crippen LogP) is 2.64. The van der Waals surface area contributed by atoms with Crippen molar-refractivity contribution in [3.05, 3.63) is 0 Å². The average molecular weight is 268 g/mol. The van der Waals surface area contributed by atoms with E-state index in [-0.39, 0.29) is 0 Å². The van der Waals surface area contributed by atoms with E-state index >= 15 is 0 Å². The van der Waals surface area contributed by atoms with Gasteiger partial charge in [-0.2, -0.15) is 0 Å². The maximum Gasteiger partial charge on any atom is 0.0599 e. The van der Waals surface area contributed by atoms with Crippen LogP contribution in [0, 0.1) is 11.8 Å². The summed E-state index contributed by atoms with van der Waals surface area (Å²) in [7, 11) is 0. The van der Waals surface area contributed by atoms with Crippen LogP contribution in [0.1, 0.15) is 52.4 Å². The molecule has 0 amide bonds. The largest absolute Gasteiger partial charge is 0.378 e. The van der Waals surface area contributed by atoms with Crippen molar-refractivity contribution in [2.24, 2.45) is 17.6 Å². The summed E-state index contributed by atoms with van der Waals surface area (Å²) >= 11 is 0. The Morgan fingerprint density at radius 1 is 1.11 bits per heavy atom. The minimum atomic E-state index is 0.487. The maximum atomic E-state index is 5.90. The van der Waals surface area contributed by atoms with Crippen LogP contribution >= 0.6 is 0 Å². The van der Waals surface area contributed by atoms with Gasteiger partial charge in [0.05, 0.1) is 6.10 Å². The molecule has 1 saturated carbocycles. The van der Waals surface area contributed by atoms with Crippen LogP contribution in [0.5, 0.6) is 0 Å². The molecule has 3 atom stereocenters. The first-order chi connectivity index (χ1) is 9.20. The quantitative estimate of drug-likeness (QED) is 0.779. The minimum absolute atomic E-state index is 0.487. The second-order valence-corrected chi connectivity index (χ2v) is 6.71. The molecule has 0 radical (unpaired) electrons. The molecule has 1 aliphatic heterocycles. The summed E-state index contributed by atoms with van der Waals surface area (Å²) in [5.41, 5.74) is 5.50. The molecule has 3 heteroatoms. The zero-order valence-corrected chi connectivity index (χ0v) is 12.8. The van der Waals surface area contributed by atoms with Gasteiger partial charge < -0.3 is 10.5 Å². The summed E-state index contributed by atoms with van der Waals surface area (Å²) in [4.78, 5) is 2.74. The van der Waals surface area contributed by atoms with Crippen molar-refractivity contribution in [1.82, 2.24) is 4.90 Å². The van der Waals surface area contributed by atoms with Crippen LogP contribution in [0.3, 0.4) is 0 Å². The molecule has 3 nitrogen and oxygen atoms in total. The van der Waals surface area contributed by atoms with Crippen LogP contribution in [0.4, 0.5) is 0 Å². The second-order valence-electron chi connectivity index (χ2n) is 6.71.